The van der Waals surface area contributed by atoms with Gasteiger partial charge in [0.05, 0.1) is 17.5 Å². The lowest BCUT2D eigenvalue weighted by Crippen LogP contribution is -2.53. The fraction of sp³-hybridized carbons (Fsp3) is 0.226. The van der Waals surface area contributed by atoms with Crippen molar-refractivity contribution in [2.24, 2.45) is 11.8 Å². The number of rotatable bonds is 4. The van der Waals surface area contributed by atoms with Crippen LogP contribution in [0.5, 0.6) is 0 Å². The van der Waals surface area contributed by atoms with Gasteiger partial charge in [-0.3, -0.25) is 24.5 Å². The number of nitrogens with zero attached hydrogens (tertiary/aromatic N) is 1. The highest BCUT2D eigenvalue weighted by Crippen LogP contribution is 2.54. The zero-order valence-electron chi connectivity index (χ0n) is 21.9. The summed E-state index contributed by atoms with van der Waals surface area (Å²) in [6.45, 7) is 3.35. The summed E-state index contributed by atoms with van der Waals surface area (Å²) in [5.74, 6) is -2.98. The molecule has 0 unspecified atom stereocenters. The van der Waals surface area contributed by atoms with E-state index in [0.29, 0.717) is 29.0 Å². The largest absolute Gasteiger partial charge is 0.361 e. The number of benzene rings is 3. The van der Waals surface area contributed by atoms with E-state index >= 15 is 0 Å². The minimum atomic E-state index is -1.37. The van der Waals surface area contributed by atoms with Crippen LogP contribution in [0.15, 0.2) is 72.9 Å². The molecule has 4 heterocycles. The predicted octanol–water partition coefficient (Wildman–Crippen LogP) is 3.60. The normalized spacial score (nSPS) is 25.0. The molecule has 200 valence electrons. The zero-order chi connectivity index (χ0) is 27.8. The smallest absolute Gasteiger partial charge is 0.250 e. The molecule has 3 aromatic carbocycles. The summed E-state index contributed by atoms with van der Waals surface area (Å²) in [4.78, 5) is 58.1. The Hall–Kier alpha value is -4.76. The Morgan fingerprint density at radius 2 is 1.77 bits per heavy atom. The second-order valence-corrected chi connectivity index (χ2v) is 10.9. The van der Waals surface area contributed by atoms with Gasteiger partial charge in [0, 0.05) is 47.0 Å². The molecular weight excluding hydrogens is 506 g/mol. The number of hydrogen-bond donors (Lipinski definition) is 4. The summed E-state index contributed by atoms with van der Waals surface area (Å²) in [6.07, 6.45) is 2.38. The van der Waals surface area contributed by atoms with Crippen LogP contribution in [0, 0.1) is 18.8 Å². The van der Waals surface area contributed by atoms with Gasteiger partial charge >= 0.3 is 0 Å². The molecule has 0 saturated carbocycles. The average Bonchev–Trinajstić information content (AvgIpc) is 3.64. The summed E-state index contributed by atoms with van der Waals surface area (Å²) in [5.41, 5.74) is 3.87. The summed E-state index contributed by atoms with van der Waals surface area (Å²) in [5, 5.41) is 10.2. The van der Waals surface area contributed by atoms with E-state index in [1.54, 1.807) is 24.3 Å². The third-order valence-corrected chi connectivity index (χ3v) is 8.43. The number of carbonyl (C=O) groups excluding carboxylic acids is 4. The first kappa shape index (κ1) is 24.3. The van der Waals surface area contributed by atoms with Crippen molar-refractivity contribution in [3.63, 3.8) is 0 Å². The summed E-state index contributed by atoms with van der Waals surface area (Å²) in [6, 6.07) is 19.7. The number of H-pyrrole nitrogens is 1. The highest BCUT2D eigenvalue weighted by Gasteiger charge is 2.70. The highest BCUT2D eigenvalue weighted by atomic mass is 16.2. The van der Waals surface area contributed by atoms with E-state index in [-0.39, 0.29) is 17.7 Å². The van der Waals surface area contributed by atoms with Crippen LogP contribution in [0.3, 0.4) is 0 Å². The zero-order valence-corrected chi connectivity index (χ0v) is 21.9. The first-order chi connectivity index (χ1) is 19.3. The number of fused-ring (bicyclic) bond motifs is 5. The lowest BCUT2D eigenvalue weighted by Gasteiger charge is -2.29. The van der Waals surface area contributed by atoms with Crippen LogP contribution >= 0.6 is 0 Å². The molecule has 9 heteroatoms. The molecule has 2 fully saturated rings. The second kappa shape index (κ2) is 8.62. The quantitative estimate of drug-likeness (QED) is 0.299. The van der Waals surface area contributed by atoms with Gasteiger partial charge in [-0.2, -0.15) is 0 Å². The molecule has 0 bridgehead atoms. The third kappa shape index (κ3) is 3.37. The topological polar surface area (TPSA) is 123 Å². The molecule has 0 radical (unpaired) electrons. The van der Waals surface area contributed by atoms with E-state index in [2.05, 4.69) is 20.9 Å². The standard InChI is InChI=1S/C31H27N5O4/c1-16-7-12-24-22(13-16)31(30(40)34-24)27-26(25(35-31)14-18-15-32-23-6-4-3-5-21(18)23)28(38)36(29(27)39)20-10-8-19(9-11-20)33-17(2)37/h3-13,15,25-27,32,35H,14H2,1-2H3,(H,33,37)(H,34,40)/t25-,26-,27+,31+/m1/s1. The van der Waals surface area contributed by atoms with Gasteiger partial charge in [0.2, 0.25) is 23.6 Å². The van der Waals surface area contributed by atoms with Gasteiger partial charge < -0.3 is 15.6 Å². The maximum atomic E-state index is 14.2. The molecule has 4 atom stereocenters. The van der Waals surface area contributed by atoms with Crippen molar-refractivity contribution in [3.05, 3.63) is 89.6 Å². The van der Waals surface area contributed by atoms with Crippen molar-refractivity contribution in [3.8, 4) is 0 Å². The molecule has 7 rings (SSSR count). The number of aryl methyl sites for hydroxylation is 1. The first-order valence-electron chi connectivity index (χ1n) is 13.3. The number of imide groups is 1. The van der Waals surface area contributed by atoms with Gasteiger partial charge in [0.15, 0.2) is 0 Å². The average molecular weight is 534 g/mol. The Balaban J connectivity index is 1.34. The summed E-state index contributed by atoms with van der Waals surface area (Å²) in [7, 11) is 0. The Kier molecular flexibility index (Phi) is 5.24. The Labute approximate surface area is 229 Å². The van der Waals surface area contributed by atoms with Crippen LogP contribution in [0.4, 0.5) is 17.1 Å². The van der Waals surface area contributed by atoms with E-state index in [0.717, 1.165) is 22.0 Å². The van der Waals surface area contributed by atoms with Crippen molar-refractivity contribution in [2.45, 2.75) is 31.8 Å². The molecule has 9 nitrogen and oxygen atoms in total. The molecule has 4 N–H and O–H groups in total. The molecule has 4 aromatic rings. The van der Waals surface area contributed by atoms with E-state index in [1.165, 1.54) is 11.8 Å². The van der Waals surface area contributed by atoms with Gasteiger partial charge in [-0.25, -0.2) is 4.90 Å². The van der Waals surface area contributed by atoms with Crippen LogP contribution in [-0.2, 0) is 31.1 Å². The third-order valence-electron chi connectivity index (χ3n) is 8.43. The number of hydrogen-bond acceptors (Lipinski definition) is 5. The minimum absolute atomic E-state index is 0.218. The Morgan fingerprint density at radius 3 is 2.55 bits per heavy atom. The van der Waals surface area contributed by atoms with Gasteiger partial charge in [0.25, 0.3) is 0 Å². The fourth-order valence-corrected chi connectivity index (χ4v) is 6.78. The van der Waals surface area contributed by atoms with Crippen LogP contribution in [0.2, 0.25) is 0 Å². The van der Waals surface area contributed by atoms with Crippen molar-refractivity contribution >= 4 is 51.6 Å². The molecular formula is C31H27N5O4. The minimum Gasteiger partial charge on any atom is -0.361 e. The molecule has 3 aliphatic rings. The number of aromatic amines is 1. The lowest BCUT2D eigenvalue weighted by atomic mass is 9.76. The Morgan fingerprint density at radius 1 is 1.00 bits per heavy atom. The van der Waals surface area contributed by atoms with E-state index in [4.69, 9.17) is 0 Å². The highest BCUT2D eigenvalue weighted by molar-refractivity contribution is 6.26. The van der Waals surface area contributed by atoms with Gasteiger partial charge in [0.1, 0.15) is 5.54 Å². The molecule has 1 aromatic heterocycles. The van der Waals surface area contributed by atoms with Crippen molar-refractivity contribution in [2.75, 3.05) is 15.5 Å². The first-order valence-corrected chi connectivity index (χ1v) is 13.3. The van der Waals surface area contributed by atoms with Crippen LogP contribution in [0.25, 0.3) is 10.9 Å². The van der Waals surface area contributed by atoms with E-state index in [1.807, 2.05) is 55.6 Å². The summed E-state index contributed by atoms with van der Waals surface area (Å²) < 4.78 is 0. The monoisotopic (exact) mass is 533 g/mol. The van der Waals surface area contributed by atoms with Crippen LogP contribution in [-0.4, -0.2) is 34.7 Å². The second-order valence-electron chi connectivity index (χ2n) is 10.9. The van der Waals surface area contributed by atoms with Gasteiger partial charge in [-0.05, 0) is 55.3 Å². The fourth-order valence-electron chi connectivity index (χ4n) is 6.78. The maximum Gasteiger partial charge on any atom is 0.250 e. The van der Waals surface area contributed by atoms with Gasteiger partial charge in [-0.15, -0.1) is 0 Å². The molecule has 4 amide bonds. The van der Waals surface area contributed by atoms with Crippen molar-refractivity contribution in [1.82, 2.24) is 10.3 Å². The molecule has 2 saturated heterocycles. The molecule has 3 aliphatic heterocycles. The van der Waals surface area contributed by atoms with Crippen LogP contribution in [0.1, 0.15) is 23.6 Å². The molecule has 1 spiro atoms. The molecule has 0 aliphatic carbocycles. The molecule has 40 heavy (non-hydrogen) atoms. The Bertz CT molecular complexity index is 1740. The lowest BCUT2D eigenvalue weighted by molar-refractivity contribution is -0.130. The van der Waals surface area contributed by atoms with Gasteiger partial charge in [-0.1, -0.05) is 35.9 Å². The number of para-hydroxylation sites is 1. The predicted molar refractivity (Wildman–Crippen MR) is 151 cm³/mol. The number of carbonyl (C=O) groups is 4. The van der Waals surface area contributed by atoms with E-state index < -0.39 is 29.3 Å². The maximum absolute atomic E-state index is 14.2. The van der Waals surface area contributed by atoms with Crippen LogP contribution < -0.4 is 20.9 Å². The number of nitrogens with one attached hydrogen (secondary N) is 4. The van der Waals surface area contributed by atoms with E-state index in [9.17, 15) is 19.2 Å². The van der Waals surface area contributed by atoms with Crippen molar-refractivity contribution < 1.29 is 19.2 Å². The number of anilines is 3. The SMILES string of the molecule is CC(=O)Nc1ccc(N2C(=O)[C@H]3[C@@H](C2=O)[C@]2(N[C@@H]3Cc3c[nH]c4ccccc34)C(=O)Nc3ccc(C)cc32)cc1. The summed E-state index contributed by atoms with van der Waals surface area (Å²) >= 11 is 0. The number of aromatic nitrogens is 1. The number of amides is 4. The van der Waals surface area contributed by atoms with Crippen molar-refractivity contribution in [1.29, 1.82) is 0 Å².